The lowest BCUT2D eigenvalue weighted by atomic mass is 10.1. The molecule has 0 unspecified atom stereocenters. The zero-order valence-electron chi connectivity index (χ0n) is 16.3. The molecule has 1 heterocycles. The van der Waals surface area contributed by atoms with Gasteiger partial charge in [-0.25, -0.2) is 8.42 Å². The number of fused-ring (bicyclic) bond motifs is 1. The molecule has 1 aromatic heterocycles. The summed E-state index contributed by atoms with van der Waals surface area (Å²) in [6.45, 7) is 3.91. The Labute approximate surface area is 165 Å². The largest absolute Gasteiger partial charge is 0.361 e. The standard InChI is InChI=1S/C21H25N3O3S/c1-15-8-9-19(16(2)12-15)23-21(25)14-24(28(3,26)27)11-10-17-13-22-20-7-5-4-6-18(17)20/h4-9,12-13,22H,10-11,14H2,1-3H3,(H,23,25). The van der Waals surface area contributed by atoms with Gasteiger partial charge in [-0.15, -0.1) is 0 Å². The number of sulfonamides is 1. The normalized spacial score (nSPS) is 11.9. The first-order chi connectivity index (χ1) is 13.2. The van der Waals surface area contributed by atoms with Crippen molar-refractivity contribution in [3.05, 3.63) is 65.4 Å². The third kappa shape index (κ3) is 4.79. The summed E-state index contributed by atoms with van der Waals surface area (Å²) in [4.78, 5) is 15.6. The second-order valence-electron chi connectivity index (χ2n) is 7.07. The Morgan fingerprint density at radius 2 is 1.89 bits per heavy atom. The van der Waals surface area contributed by atoms with Crippen LogP contribution >= 0.6 is 0 Å². The van der Waals surface area contributed by atoms with Gasteiger partial charge in [0.15, 0.2) is 0 Å². The fourth-order valence-electron chi connectivity index (χ4n) is 3.25. The third-order valence-electron chi connectivity index (χ3n) is 4.75. The molecule has 2 aromatic carbocycles. The Hall–Kier alpha value is -2.64. The molecule has 0 atom stereocenters. The third-order valence-corrected chi connectivity index (χ3v) is 6.00. The Bertz CT molecular complexity index is 1100. The Kier molecular flexibility index (Phi) is 5.86. The van der Waals surface area contributed by atoms with Gasteiger partial charge in [0.2, 0.25) is 15.9 Å². The van der Waals surface area contributed by atoms with Gasteiger partial charge in [0.1, 0.15) is 0 Å². The highest BCUT2D eigenvalue weighted by Crippen LogP contribution is 2.19. The molecule has 7 heteroatoms. The van der Waals surface area contributed by atoms with Gasteiger partial charge in [-0.05, 0) is 43.5 Å². The molecule has 1 amide bonds. The molecule has 3 rings (SSSR count). The SMILES string of the molecule is Cc1ccc(NC(=O)CN(CCc2c[nH]c3ccccc23)S(C)(=O)=O)c(C)c1. The molecule has 0 aliphatic carbocycles. The van der Waals surface area contributed by atoms with E-state index in [-0.39, 0.29) is 19.0 Å². The number of carbonyl (C=O) groups excluding carboxylic acids is 1. The number of amides is 1. The van der Waals surface area contributed by atoms with Crippen LogP contribution in [-0.4, -0.2) is 43.0 Å². The minimum absolute atomic E-state index is 0.214. The van der Waals surface area contributed by atoms with E-state index >= 15 is 0 Å². The summed E-state index contributed by atoms with van der Waals surface area (Å²) in [6, 6.07) is 13.6. The summed E-state index contributed by atoms with van der Waals surface area (Å²) in [7, 11) is -3.51. The van der Waals surface area contributed by atoms with E-state index in [4.69, 9.17) is 0 Å². The van der Waals surface area contributed by atoms with Crippen LogP contribution in [0.4, 0.5) is 5.69 Å². The topological polar surface area (TPSA) is 82.3 Å². The number of nitrogens with one attached hydrogen (secondary N) is 2. The Morgan fingerprint density at radius 1 is 1.14 bits per heavy atom. The van der Waals surface area contributed by atoms with Crippen molar-refractivity contribution >= 4 is 32.5 Å². The monoisotopic (exact) mass is 399 g/mol. The fourth-order valence-corrected chi connectivity index (χ4v) is 4.02. The molecule has 0 aliphatic heterocycles. The van der Waals surface area contributed by atoms with Crippen molar-refractivity contribution in [2.45, 2.75) is 20.3 Å². The van der Waals surface area contributed by atoms with Crippen LogP contribution in [0.3, 0.4) is 0 Å². The summed E-state index contributed by atoms with van der Waals surface area (Å²) >= 11 is 0. The van der Waals surface area contributed by atoms with Gasteiger partial charge in [-0.2, -0.15) is 4.31 Å². The molecule has 0 fully saturated rings. The van der Waals surface area contributed by atoms with Gasteiger partial charge in [-0.1, -0.05) is 35.9 Å². The predicted molar refractivity (Wildman–Crippen MR) is 113 cm³/mol. The molecule has 148 valence electrons. The Morgan fingerprint density at radius 3 is 2.61 bits per heavy atom. The lowest BCUT2D eigenvalue weighted by Gasteiger charge is -2.20. The first kappa shape index (κ1) is 20.1. The van der Waals surface area contributed by atoms with Crippen molar-refractivity contribution in [2.24, 2.45) is 0 Å². The molecule has 0 saturated carbocycles. The average Bonchev–Trinajstić information content (AvgIpc) is 3.03. The molecular weight excluding hydrogens is 374 g/mol. The minimum Gasteiger partial charge on any atom is -0.361 e. The maximum atomic E-state index is 12.5. The molecule has 6 nitrogen and oxygen atoms in total. The first-order valence-electron chi connectivity index (χ1n) is 9.11. The number of hydrogen-bond donors (Lipinski definition) is 2. The number of aryl methyl sites for hydroxylation is 2. The van der Waals surface area contributed by atoms with Crippen molar-refractivity contribution in [3.8, 4) is 0 Å². The highest BCUT2D eigenvalue weighted by atomic mass is 32.2. The number of para-hydroxylation sites is 1. The second-order valence-corrected chi connectivity index (χ2v) is 9.06. The molecular formula is C21H25N3O3S. The van der Waals surface area contributed by atoms with Gasteiger partial charge in [0.05, 0.1) is 12.8 Å². The molecule has 0 saturated heterocycles. The quantitative estimate of drug-likeness (QED) is 0.640. The highest BCUT2D eigenvalue weighted by molar-refractivity contribution is 7.88. The molecule has 2 N–H and O–H groups in total. The van der Waals surface area contributed by atoms with E-state index in [2.05, 4.69) is 10.3 Å². The van der Waals surface area contributed by atoms with E-state index in [9.17, 15) is 13.2 Å². The van der Waals surface area contributed by atoms with E-state index in [1.165, 1.54) is 4.31 Å². The smallest absolute Gasteiger partial charge is 0.239 e. The van der Waals surface area contributed by atoms with Crippen molar-refractivity contribution < 1.29 is 13.2 Å². The van der Waals surface area contributed by atoms with Crippen LogP contribution in [-0.2, 0) is 21.2 Å². The van der Waals surface area contributed by atoms with E-state index in [0.29, 0.717) is 12.1 Å². The number of nitrogens with zero attached hydrogens (tertiary/aromatic N) is 1. The highest BCUT2D eigenvalue weighted by Gasteiger charge is 2.21. The lowest BCUT2D eigenvalue weighted by Crippen LogP contribution is -2.38. The van der Waals surface area contributed by atoms with Crippen LogP contribution in [0, 0.1) is 13.8 Å². The number of rotatable bonds is 7. The summed E-state index contributed by atoms with van der Waals surface area (Å²) in [5, 5.41) is 3.88. The molecule has 0 spiro atoms. The van der Waals surface area contributed by atoms with Gasteiger partial charge in [0.25, 0.3) is 0 Å². The summed E-state index contributed by atoms with van der Waals surface area (Å²) in [5.74, 6) is -0.351. The van der Waals surface area contributed by atoms with Gasteiger partial charge >= 0.3 is 0 Å². The van der Waals surface area contributed by atoms with E-state index in [1.807, 2.05) is 62.5 Å². The summed E-state index contributed by atoms with van der Waals surface area (Å²) in [6.07, 6.45) is 3.54. The summed E-state index contributed by atoms with van der Waals surface area (Å²) in [5.41, 5.74) is 4.78. The average molecular weight is 400 g/mol. The first-order valence-corrected chi connectivity index (χ1v) is 11.0. The summed E-state index contributed by atoms with van der Waals surface area (Å²) < 4.78 is 25.6. The van der Waals surface area contributed by atoms with Crippen LogP contribution in [0.15, 0.2) is 48.7 Å². The van der Waals surface area contributed by atoms with Crippen molar-refractivity contribution in [1.82, 2.24) is 9.29 Å². The fraction of sp³-hybridized carbons (Fsp3) is 0.286. The van der Waals surface area contributed by atoms with Crippen LogP contribution < -0.4 is 5.32 Å². The van der Waals surface area contributed by atoms with Gasteiger partial charge < -0.3 is 10.3 Å². The van der Waals surface area contributed by atoms with Crippen LogP contribution in [0.5, 0.6) is 0 Å². The van der Waals surface area contributed by atoms with Gasteiger partial charge in [-0.3, -0.25) is 4.79 Å². The Balaban J connectivity index is 1.69. The van der Waals surface area contributed by atoms with Crippen LogP contribution in [0.25, 0.3) is 10.9 Å². The number of anilines is 1. The van der Waals surface area contributed by atoms with Crippen molar-refractivity contribution in [3.63, 3.8) is 0 Å². The molecule has 0 aliphatic rings. The van der Waals surface area contributed by atoms with E-state index in [0.717, 1.165) is 33.8 Å². The maximum absolute atomic E-state index is 12.5. The van der Waals surface area contributed by atoms with Gasteiger partial charge in [0, 0.05) is 29.3 Å². The predicted octanol–water partition coefficient (Wildman–Crippen LogP) is 3.23. The number of carbonyl (C=O) groups is 1. The van der Waals surface area contributed by atoms with E-state index in [1.54, 1.807) is 0 Å². The number of H-pyrrole nitrogens is 1. The second kappa shape index (κ2) is 8.16. The molecule has 28 heavy (non-hydrogen) atoms. The number of aromatic amines is 1. The molecule has 0 bridgehead atoms. The lowest BCUT2D eigenvalue weighted by molar-refractivity contribution is -0.116. The molecule has 3 aromatic rings. The number of aromatic nitrogens is 1. The zero-order chi connectivity index (χ0) is 20.3. The van der Waals surface area contributed by atoms with Crippen LogP contribution in [0.1, 0.15) is 16.7 Å². The van der Waals surface area contributed by atoms with E-state index < -0.39 is 10.0 Å². The van der Waals surface area contributed by atoms with Crippen LogP contribution in [0.2, 0.25) is 0 Å². The number of benzene rings is 2. The number of hydrogen-bond acceptors (Lipinski definition) is 3. The van der Waals surface area contributed by atoms with Crippen molar-refractivity contribution in [1.29, 1.82) is 0 Å². The zero-order valence-corrected chi connectivity index (χ0v) is 17.1. The minimum atomic E-state index is -3.51. The molecule has 0 radical (unpaired) electrons. The van der Waals surface area contributed by atoms with Crippen molar-refractivity contribution in [2.75, 3.05) is 24.7 Å². The maximum Gasteiger partial charge on any atom is 0.239 e.